The second-order valence-electron chi connectivity index (χ2n) is 6.05. The summed E-state index contributed by atoms with van der Waals surface area (Å²) < 4.78 is 43.3. The number of nitrogens with zero attached hydrogens (tertiary/aromatic N) is 2. The zero-order chi connectivity index (χ0) is 20.4. The molecule has 0 aliphatic heterocycles. The van der Waals surface area contributed by atoms with E-state index in [2.05, 4.69) is 27.5 Å². The van der Waals surface area contributed by atoms with Crippen molar-refractivity contribution in [2.45, 2.75) is 32.4 Å². The highest BCUT2D eigenvalue weighted by atomic mass is 127. The van der Waals surface area contributed by atoms with Crippen LogP contribution >= 0.6 is 35.3 Å². The maximum absolute atomic E-state index is 12.6. The van der Waals surface area contributed by atoms with Gasteiger partial charge in [-0.2, -0.15) is 13.2 Å². The van der Waals surface area contributed by atoms with Gasteiger partial charge < -0.3 is 15.4 Å². The molecule has 2 rings (SSSR count). The lowest BCUT2D eigenvalue weighted by molar-refractivity contribution is -0.140. The number of alkyl halides is 3. The third-order valence-electron chi connectivity index (χ3n) is 3.77. The molecule has 0 saturated heterocycles. The second kappa shape index (κ2) is 12.9. The molecule has 0 saturated carbocycles. The van der Waals surface area contributed by atoms with Crippen molar-refractivity contribution in [1.82, 2.24) is 15.6 Å². The van der Waals surface area contributed by atoms with Gasteiger partial charge in [-0.05, 0) is 30.5 Å². The highest BCUT2D eigenvalue weighted by molar-refractivity contribution is 14.0. The van der Waals surface area contributed by atoms with Crippen molar-refractivity contribution in [3.63, 3.8) is 0 Å². The fourth-order valence-electron chi connectivity index (χ4n) is 2.40. The zero-order valence-corrected chi connectivity index (χ0v) is 19.5. The third-order valence-corrected chi connectivity index (χ3v) is 4.68. The predicted octanol–water partition coefficient (Wildman–Crippen LogP) is 4.52. The van der Waals surface area contributed by atoms with E-state index in [9.17, 15) is 13.2 Å². The number of hydrogen-bond acceptors (Lipinski definition) is 4. The Morgan fingerprint density at radius 2 is 1.93 bits per heavy atom. The number of rotatable bonds is 9. The average Bonchev–Trinajstić information content (AvgIpc) is 3.15. The summed E-state index contributed by atoms with van der Waals surface area (Å²) in [5.41, 5.74) is 0.319. The van der Waals surface area contributed by atoms with Gasteiger partial charge in [-0.15, -0.1) is 35.3 Å². The minimum absolute atomic E-state index is 0. The quantitative estimate of drug-likeness (QED) is 0.278. The molecule has 10 heteroatoms. The van der Waals surface area contributed by atoms with E-state index in [1.807, 2.05) is 24.3 Å². The Bertz CT molecular complexity index is 768. The molecule has 0 atom stereocenters. The van der Waals surface area contributed by atoms with Gasteiger partial charge in [0.2, 0.25) is 0 Å². The van der Waals surface area contributed by atoms with Gasteiger partial charge in [0.1, 0.15) is 5.75 Å². The van der Waals surface area contributed by atoms with E-state index in [1.165, 1.54) is 0 Å². The van der Waals surface area contributed by atoms with Gasteiger partial charge >= 0.3 is 6.18 Å². The van der Waals surface area contributed by atoms with Crippen LogP contribution < -0.4 is 15.4 Å². The standard InChI is InChI=1S/C19H25F3N4OS.HI/c1-3-11-27-15-6-4-5-14(12-15)7-9-24-18(23-2)25-10-8-17-26-16(13-28-17)19(20,21)22;/h4-6,12-13H,3,7-11H2,1-2H3,(H2,23,24,25);1H. The molecule has 29 heavy (non-hydrogen) atoms. The van der Waals surface area contributed by atoms with Crippen LogP contribution in [0.15, 0.2) is 34.6 Å². The van der Waals surface area contributed by atoms with Crippen LogP contribution in [0.5, 0.6) is 5.75 Å². The summed E-state index contributed by atoms with van der Waals surface area (Å²) >= 11 is 1.01. The Hall–Kier alpha value is -1.56. The lowest BCUT2D eigenvalue weighted by atomic mass is 10.1. The Balaban J connectivity index is 0.00000420. The van der Waals surface area contributed by atoms with Crippen molar-refractivity contribution < 1.29 is 17.9 Å². The van der Waals surface area contributed by atoms with Gasteiger partial charge in [-0.1, -0.05) is 19.1 Å². The Morgan fingerprint density at radius 3 is 2.55 bits per heavy atom. The molecule has 1 aromatic heterocycles. The van der Waals surface area contributed by atoms with E-state index < -0.39 is 11.9 Å². The van der Waals surface area contributed by atoms with Crippen LogP contribution in [-0.4, -0.2) is 37.7 Å². The molecule has 162 valence electrons. The van der Waals surface area contributed by atoms with Crippen molar-refractivity contribution in [2.75, 3.05) is 26.7 Å². The van der Waals surface area contributed by atoms with E-state index in [-0.39, 0.29) is 24.0 Å². The molecule has 1 heterocycles. The largest absolute Gasteiger partial charge is 0.494 e. The van der Waals surface area contributed by atoms with Crippen molar-refractivity contribution in [2.24, 2.45) is 4.99 Å². The molecule has 5 nitrogen and oxygen atoms in total. The summed E-state index contributed by atoms with van der Waals surface area (Å²) in [6.07, 6.45) is -2.23. The second-order valence-corrected chi connectivity index (χ2v) is 6.99. The number of guanidine groups is 1. The number of benzene rings is 1. The molecule has 0 aliphatic carbocycles. The van der Waals surface area contributed by atoms with Crippen LogP contribution in [0.4, 0.5) is 13.2 Å². The molecule has 0 bridgehead atoms. The Labute approximate surface area is 190 Å². The van der Waals surface area contributed by atoms with E-state index in [1.54, 1.807) is 7.05 Å². The zero-order valence-electron chi connectivity index (χ0n) is 16.4. The minimum atomic E-state index is -4.39. The number of ether oxygens (including phenoxy) is 1. The lowest BCUT2D eigenvalue weighted by Gasteiger charge is -2.12. The summed E-state index contributed by atoms with van der Waals surface area (Å²) in [4.78, 5) is 7.74. The SMILES string of the molecule is CCCOc1cccc(CCNC(=NC)NCCc2nc(C(F)(F)F)cs2)c1.I. The maximum Gasteiger partial charge on any atom is 0.434 e. The van der Waals surface area contributed by atoms with Crippen LogP contribution in [0.25, 0.3) is 0 Å². The summed E-state index contributed by atoms with van der Waals surface area (Å²) in [6.45, 7) is 3.88. The van der Waals surface area contributed by atoms with Gasteiger partial charge in [0.15, 0.2) is 11.7 Å². The smallest absolute Gasteiger partial charge is 0.434 e. The van der Waals surface area contributed by atoms with Gasteiger partial charge in [-0.3, -0.25) is 4.99 Å². The highest BCUT2D eigenvalue weighted by Gasteiger charge is 2.33. The van der Waals surface area contributed by atoms with Crippen molar-refractivity contribution in [1.29, 1.82) is 0 Å². The number of aromatic nitrogens is 1. The van der Waals surface area contributed by atoms with Crippen molar-refractivity contribution >= 4 is 41.3 Å². The lowest BCUT2D eigenvalue weighted by Crippen LogP contribution is -2.39. The van der Waals surface area contributed by atoms with Crippen LogP contribution in [-0.2, 0) is 19.0 Å². The number of hydrogen-bond donors (Lipinski definition) is 2. The van der Waals surface area contributed by atoms with Gasteiger partial charge in [0.25, 0.3) is 0 Å². The van der Waals surface area contributed by atoms with Gasteiger partial charge in [-0.25, -0.2) is 4.98 Å². The molecule has 0 fully saturated rings. The molecule has 0 radical (unpaired) electrons. The molecule has 0 aliphatic rings. The summed E-state index contributed by atoms with van der Waals surface area (Å²) in [5, 5.41) is 7.77. The molecule has 0 amide bonds. The van der Waals surface area contributed by atoms with Crippen LogP contribution in [0.3, 0.4) is 0 Å². The first-order chi connectivity index (χ1) is 13.4. The van der Waals surface area contributed by atoms with E-state index in [0.29, 0.717) is 37.1 Å². The molecule has 1 aromatic carbocycles. The fourth-order valence-corrected chi connectivity index (χ4v) is 3.21. The van der Waals surface area contributed by atoms with Crippen LogP contribution in [0.2, 0.25) is 0 Å². The summed E-state index contributed by atoms with van der Waals surface area (Å²) in [5.74, 6) is 1.47. The molecular formula is C19H26F3IN4OS. The number of halogens is 4. The third kappa shape index (κ3) is 9.20. The highest BCUT2D eigenvalue weighted by Crippen LogP contribution is 2.29. The van der Waals surface area contributed by atoms with Gasteiger partial charge in [0, 0.05) is 31.9 Å². The number of nitrogens with one attached hydrogen (secondary N) is 2. The van der Waals surface area contributed by atoms with Crippen LogP contribution in [0, 0.1) is 0 Å². The topological polar surface area (TPSA) is 58.5 Å². The monoisotopic (exact) mass is 542 g/mol. The molecule has 2 aromatic rings. The van der Waals surface area contributed by atoms with Crippen molar-refractivity contribution in [3.05, 3.63) is 45.9 Å². The summed E-state index contributed by atoms with van der Waals surface area (Å²) in [6, 6.07) is 7.97. The average molecular weight is 542 g/mol. The fraction of sp³-hybridized carbons (Fsp3) is 0.474. The first kappa shape index (κ1) is 25.5. The van der Waals surface area contributed by atoms with E-state index >= 15 is 0 Å². The van der Waals surface area contributed by atoms with Crippen molar-refractivity contribution in [3.8, 4) is 5.75 Å². The summed E-state index contributed by atoms with van der Waals surface area (Å²) in [7, 11) is 1.65. The molecule has 0 unspecified atom stereocenters. The number of aliphatic imine (C=N–C) groups is 1. The molecular weight excluding hydrogens is 516 g/mol. The van der Waals surface area contributed by atoms with Crippen LogP contribution in [0.1, 0.15) is 29.6 Å². The Morgan fingerprint density at radius 1 is 1.21 bits per heavy atom. The Kier molecular flexibility index (Phi) is 11.3. The predicted molar refractivity (Wildman–Crippen MR) is 122 cm³/mol. The minimum Gasteiger partial charge on any atom is -0.494 e. The number of thiazole rings is 1. The first-order valence-electron chi connectivity index (χ1n) is 9.10. The molecule has 2 N–H and O–H groups in total. The van der Waals surface area contributed by atoms with E-state index in [4.69, 9.17) is 4.74 Å². The van der Waals surface area contributed by atoms with Gasteiger partial charge in [0.05, 0.1) is 11.6 Å². The first-order valence-corrected chi connectivity index (χ1v) is 9.98. The maximum atomic E-state index is 12.6. The molecule has 0 spiro atoms. The van der Waals surface area contributed by atoms with E-state index in [0.717, 1.165) is 40.9 Å². The normalized spacial score (nSPS) is 11.7.